The summed E-state index contributed by atoms with van der Waals surface area (Å²) >= 11 is 0. The van der Waals surface area contributed by atoms with Crippen molar-refractivity contribution in [3.8, 4) is 5.75 Å². The zero-order valence-electron chi connectivity index (χ0n) is 21.7. The van der Waals surface area contributed by atoms with Gasteiger partial charge in [0.25, 0.3) is 5.91 Å². The van der Waals surface area contributed by atoms with Crippen molar-refractivity contribution in [2.45, 2.75) is 18.9 Å². The summed E-state index contributed by atoms with van der Waals surface area (Å²) in [5, 5.41) is 0.433. The molecule has 3 aliphatic heterocycles. The molecule has 0 saturated carbocycles. The van der Waals surface area contributed by atoms with Crippen LogP contribution in [-0.4, -0.2) is 77.1 Å². The highest BCUT2D eigenvalue weighted by molar-refractivity contribution is 5.99. The van der Waals surface area contributed by atoms with Crippen LogP contribution in [0.1, 0.15) is 34.8 Å². The van der Waals surface area contributed by atoms with E-state index in [1.807, 2.05) is 29.2 Å². The van der Waals surface area contributed by atoms with Crippen LogP contribution in [0.3, 0.4) is 0 Å². The number of fused-ring (bicyclic) bond motifs is 1. The van der Waals surface area contributed by atoms with Gasteiger partial charge in [-0.3, -0.25) is 9.59 Å². The van der Waals surface area contributed by atoms with Crippen molar-refractivity contribution >= 4 is 28.4 Å². The summed E-state index contributed by atoms with van der Waals surface area (Å²) in [6.07, 6.45) is 1.84. The monoisotopic (exact) mass is 519 g/mol. The van der Waals surface area contributed by atoms with Gasteiger partial charge >= 0.3 is 0 Å². The maximum absolute atomic E-state index is 13.6. The number of nitrogens with zero attached hydrogens (tertiary/aromatic N) is 3. The number of para-hydroxylation sites is 2. The number of hydrogen-bond acceptors (Lipinski definition) is 8. The van der Waals surface area contributed by atoms with E-state index in [4.69, 9.17) is 18.6 Å². The molecule has 0 spiro atoms. The van der Waals surface area contributed by atoms with Crippen LogP contribution in [0.25, 0.3) is 11.0 Å². The van der Waals surface area contributed by atoms with Gasteiger partial charge in [-0.15, -0.1) is 0 Å². The topological polar surface area (TPSA) is 84.7 Å². The fourth-order valence-electron chi connectivity index (χ4n) is 5.78. The third-order valence-electron chi connectivity index (χ3n) is 7.72. The molecule has 1 aromatic heterocycles. The first-order valence-electron chi connectivity index (χ1n) is 13.4. The highest BCUT2D eigenvalue weighted by Gasteiger charge is 2.32. The Morgan fingerprint density at radius 1 is 0.947 bits per heavy atom. The summed E-state index contributed by atoms with van der Waals surface area (Å²) in [5.41, 5.74) is 2.75. The third-order valence-corrected chi connectivity index (χ3v) is 7.72. The zero-order chi connectivity index (χ0) is 26.1. The van der Waals surface area contributed by atoms with E-state index >= 15 is 0 Å². The number of carbonyl (C=O) groups excluding carboxylic acids is 1. The summed E-state index contributed by atoms with van der Waals surface area (Å²) in [6.45, 7) is 5.44. The molecule has 3 aromatic rings. The fourth-order valence-corrected chi connectivity index (χ4v) is 5.78. The summed E-state index contributed by atoms with van der Waals surface area (Å²) < 4.78 is 23.1. The van der Waals surface area contributed by atoms with Gasteiger partial charge < -0.3 is 33.3 Å². The van der Waals surface area contributed by atoms with Crippen LogP contribution in [0.2, 0.25) is 0 Å². The van der Waals surface area contributed by atoms with Crippen molar-refractivity contribution in [2.75, 3.05) is 76.1 Å². The van der Waals surface area contributed by atoms with Crippen LogP contribution < -0.4 is 20.0 Å². The molecule has 1 atom stereocenters. The van der Waals surface area contributed by atoms with Gasteiger partial charge in [0.05, 0.1) is 50.7 Å². The second-order valence-electron chi connectivity index (χ2n) is 9.92. The predicted octanol–water partition coefficient (Wildman–Crippen LogP) is 3.45. The maximum atomic E-state index is 13.6. The molecule has 3 saturated heterocycles. The van der Waals surface area contributed by atoms with Gasteiger partial charge in [-0.2, -0.15) is 0 Å². The van der Waals surface area contributed by atoms with Crippen molar-refractivity contribution < 1.29 is 23.4 Å². The molecule has 0 radical (unpaired) electrons. The van der Waals surface area contributed by atoms with Crippen LogP contribution in [0.4, 0.5) is 11.6 Å². The van der Waals surface area contributed by atoms with E-state index < -0.39 is 0 Å². The number of hydrogen-bond donors (Lipinski definition) is 0. The van der Waals surface area contributed by atoms with Crippen LogP contribution in [0.5, 0.6) is 5.75 Å². The minimum absolute atomic E-state index is 0.0747. The second-order valence-corrected chi connectivity index (χ2v) is 9.92. The molecule has 9 nitrogen and oxygen atoms in total. The quantitative estimate of drug-likeness (QED) is 0.507. The number of ether oxygens (including phenoxy) is 3. The predicted molar refractivity (Wildman–Crippen MR) is 145 cm³/mol. The molecule has 0 N–H and O–H groups in total. The first kappa shape index (κ1) is 24.8. The van der Waals surface area contributed by atoms with Gasteiger partial charge in [0, 0.05) is 49.9 Å². The summed E-state index contributed by atoms with van der Waals surface area (Å²) in [6, 6.07) is 13.1. The van der Waals surface area contributed by atoms with Crippen LogP contribution >= 0.6 is 0 Å². The molecule has 38 heavy (non-hydrogen) atoms. The summed E-state index contributed by atoms with van der Waals surface area (Å²) in [4.78, 5) is 33.2. The molecule has 2 aromatic carbocycles. The Labute approximate surface area is 221 Å². The van der Waals surface area contributed by atoms with Gasteiger partial charge in [0.15, 0.2) is 11.3 Å². The normalized spacial score (nSPS) is 20.2. The SMILES string of the molecule is COc1ccccc1N1CCCC1c1cc(C(=O)N2CCOCC2)cc2c(=O)cc(N3CCOCC3)oc12. The highest BCUT2D eigenvalue weighted by atomic mass is 16.5. The van der Waals surface area contributed by atoms with Gasteiger partial charge in [0.1, 0.15) is 11.3 Å². The molecule has 0 bridgehead atoms. The van der Waals surface area contributed by atoms with E-state index in [0.29, 0.717) is 75.0 Å². The fraction of sp³-hybridized carbons (Fsp3) is 0.448. The molecule has 3 aliphatic rings. The largest absolute Gasteiger partial charge is 0.495 e. The zero-order valence-corrected chi connectivity index (χ0v) is 21.7. The van der Waals surface area contributed by atoms with E-state index in [0.717, 1.165) is 36.4 Å². The minimum atomic E-state index is -0.146. The van der Waals surface area contributed by atoms with Gasteiger partial charge in [0.2, 0.25) is 0 Å². The van der Waals surface area contributed by atoms with E-state index in [9.17, 15) is 9.59 Å². The van der Waals surface area contributed by atoms with Crippen LogP contribution in [0.15, 0.2) is 51.7 Å². The molecular formula is C29H33N3O6. The molecule has 6 rings (SSSR count). The molecule has 200 valence electrons. The standard InChI is InChI=1S/C29H33N3O6/c1-35-26-7-3-2-5-24(26)32-8-4-6-23(32)21-17-20(29(34)31-11-15-37-16-12-31)18-22-25(33)19-27(38-28(21)22)30-9-13-36-14-10-30/h2-3,5,7,17-19,23H,4,6,8-16H2,1H3. The first-order valence-corrected chi connectivity index (χ1v) is 13.4. The van der Waals surface area contributed by atoms with Crippen LogP contribution in [-0.2, 0) is 9.47 Å². The first-order chi connectivity index (χ1) is 18.6. The van der Waals surface area contributed by atoms with Gasteiger partial charge in [-0.25, -0.2) is 0 Å². The Morgan fingerprint density at radius 2 is 1.68 bits per heavy atom. The molecule has 1 unspecified atom stereocenters. The van der Waals surface area contributed by atoms with E-state index in [1.165, 1.54) is 0 Å². The number of amides is 1. The number of morpholine rings is 2. The number of carbonyl (C=O) groups is 1. The van der Waals surface area contributed by atoms with E-state index in [2.05, 4.69) is 11.0 Å². The summed E-state index contributed by atoms with van der Waals surface area (Å²) in [7, 11) is 1.68. The average Bonchev–Trinajstić information content (AvgIpc) is 3.47. The lowest BCUT2D eigenvalue weighted by Gasteiger charge is -2.31. The Kier molecular flexibility index (Phi) is 6.95. The van der Waals surface area contributed by atoms with Gasteiger partial charge in [-0.1, -0.05) is 12.1 Å². The van der Waals surface area contributed by atoms with Crippen molar-refractivity contribution in [3.63, 3.8) is 0 Å². The van der Waals surface area contributed by atoms with Crippen molar-refractivity contribution in [3.05, 3.63) is 63.8 Å². The van der Waals surface area contributed by atoms with E-state index in [-0.39, 0.29) is 17.4 Å². The number of methoxy groups -OCH3 is 1. The summed E-state index contributed by atoms with van der Waals surface area (Å²) in [5.74, 6) is 1.25. The van der Waals surface area contributed by atoms with Gasteiger partial charge in [-0.05, 0) is 37.1 Å². The molecule has 0 aliphatic carbocycles. The molecule has 3 fully saturated rings. The van der Waals surface area contributed by atoms with E-state index in [1.54, 1.807) is 24.1 Å². The van der Waals surface area contributed by atoms with Crippen molar-refractivity contribution in [1.82, 2.24) is 4.90 Å². The Hall–Kier alpha value is -3.56. The van der Waals surface area contributed by atoms with Crippen molar-refractivity contribution in [1.29, 1.82) is 0 Å². The average molecular weight is 520 g/mol. The molecule has 9 heteroatoms. The highest BCUT2D eigenvalue weighted by Crippen LogP contribution is 2.43. The smallest absolute Gasteiger partial charge is 0.254 e. The maximum Gasteiger partial charge on any atom is 0.254 e. The minimum Gasteiger partial charge on any atom is -0.495 e. The molecule has 1 amide bonds. The lowest BCUT2D eigenvalue weighted by atomic mass is 9.97. The lowest BCUT2D eigenvalue weighted by Crippen LogP contribution is -2.40. The lowest BCUT2D eigenvalue weighted by molar-refractivity contribution is 0.0303. The van der Waals surface area contributed by atoms with Crippen molar-refractivity contribution in [2.24, 2.45) is 0 Å². The van der Waals surface area contributed by atoms with Crippen LogP contribution in [0, 0.1) is 0 Å². The number of anilines is 2. The Morgan fingerprint density at radius 3 is 2.45 bits per heavy atom. The molecular weight excluding hydrogens is 486 g/mol. The third kappa shape index (κ3) is 4.61. The number of rotatable bonds is 5. The number of benzene rings is 2. The molecule has 4 heterocycles. The Bertz CT molecular complexity index is 1380. The Balaban J connectivity index is 1.50. The second kappa shape index (κ2) is 10.7.